The first kappa shape index (κ1) is 15.1. The molecule has 7 nitrogen and oxygen atoms in total. The number of primary amides is 1. The predicted octanol–water partition coefficient (Wildman–Crippen LogP) is -0.567. The van der Waals surface area contributed by atoms with Gasteiger partial charge in [0, 0.05) is 0 Å². The number of rotatable bonds is 6. The number of benzene rings is 1. The quantitative estimate of drug-likeness (QED) is 0.647. The molecule has 0 fully saturated rings. The van der Waals surface area contributed by atoms with E-state index in [9.17, 15) is 22.4 Å². The fraction of sp³-hybridized carbons (Fsp3) is 0.200. The molecule has 0 aliphatic rings. The first-order valence-corrected chi connectivity index (χ1v) is 6.49. The number of nitrogens with two attached hydrogens (primary N) is 1. The maximum Gasteiger partial charge on any atom is 0.322 e. The molecule has 0 aliphatic carbocycles. The van der Waals surface area contributed by atoms with Gasteiger partial charge in [-0.2, -0.15) is 4.72 Å². The summed E-state index contributed by atoms with van der Waals surface area (Å²) >= 11 is 0. The predicted molar refractivity (Wildman–Crippen MR) is 62.0 cm³/mol. The third kappa shape index (κ3) is 4.30. The minimum absolute atomic E-state index is 0.315. The molecule has 0 heterocycles. The Morgan fingerprint density at radius 1 is 1.32 bits per heavy atom. The van der Waals surface area contributed by atoms with Crippen LogP contribution in [-0.2, 0) is 19.6 Å². The van der Waals surface area contributed by atoms with Gasteiger partial charge in [0.05, 0.1) is 11.3 Å². The summed E-state index contributed by atoms with van der Waals surface area (Å²) in [5.41, 5.74) is 4.82. The summed E-state index contributed by atoms with van der Waals surface area (Å²) < 4.78 is 38.1. The van der Waals surface area contributed by atoms with Gasteiger partial charge in [-0.3, -0.25) is 9.59 Å². The van der Waals surface area contributed by atoms with Gasteiger partial charge in [-0.15, -0.1) is 0 Å². The van der Waals surface area contributed by atoms with Gasteiger partial charge in [-0.05, 0) is 24.3 Å². The smallest absolute Gasteiger partial charge is 0.322 e. The van der Waals surface area contributed by atoms with Crippen molar-refractivity contribution in [2.75, 3.05) is 0 Å². The molecule has 0 saturated carbocycles. The third-order valence-electron chi connectivity index (χ3n) is 2.12. The van der Waals surface area contributed by atoms with Crippen LogP contribution in [0.4, 0.5) is 4.39 Å². The molecule has 4 N–H and O–H groups in total. The molecule has 1 aromatic rings. The van der Waals surface area contributed by atoms with Gasteiger partial charge in [-0.25, -0.2) is 12.8 Å². The number of aliphatic carboxylic acids is 1. The molecule has 9 heteroatoms. The number of sulfonamides is 1. The molecule has 104 valence electrons. The lowest BCUT2D eigenvalue weighted by molar-refractivity contribution is -0.140. The summed E-state index contributed by atoms with van der Waals surface area (Å²) in [5, 5.41) is 8.78. The third-order valence-corrected chi connectivity index (χ3v) is 3.61. The highest BCUT2D eigenvalue weighted by Gasteiger charge is 2.26. The highest BCUT2D eigenvalue weighted by atomic mass is 32.2. The van der Waals surface area contributed by atoms with E-state index in [1.807, 2.05) is 4.72 Å². The second kappa shape index (κ2) is 5.76. The molecular formula is C10H11FN2O5S. The lowest BCUT2D eigenvalue weighted by Crippen LogP contribution is -2.43. The van der Waals surface area contributed by atoms with E-state index in [0.717, 1.165) is 24.3 Å². The largest absolute Gasteiger partial charge is 0.480 e. The molecule has 0 radical (unpaired) electrons. The maximum absolute atomic E-state index is 12.7. The number of carbonyl (C=O) groups is 2. The van der Waals surface area contributed by atoms with Crippen LogP contribution in [0.15, 0.2) is 29.2 Å². The van der Waals surface area contributed by atoms with Gasteiger partial charge in [0.1, 0.15) is 11.9 Å². The molecule has 0 aromatic heterocycles. The Morgan fingerprint density at radius 2 is 1.84 bits per heavy atom. The van der Waals surface area contributed by atoms with Crippen molar-refractivity contribution in [2.24, 2.45) is 5.73 Å². The maximum atomic E-state index is 12.7. The summed E-state index contributed by atoms with van der Waals surface area (Å²) in [6, 6.07) is 2.10. The number of amides is 1. The SMILES string of the molecule is NC(=O)C[C@H](NS(=O)(=O)c1ccc(F)cc1)C(=O)O. The molecule has 1 rings (SSSR count). The Hall–Kier alpha value is -2.00. The lowest BCUT2D eigenvalue weighted by Gasteiger charge is -2.13. The van der Waals surface area contributed by atoms with Gasteiger partial charge in [0.2, 0.25) is 15.9 Å². The average molecular weight is 290 g/mol. The summed E-state index contributed by atoms with van der Waals surface area (Å²) in [4.78, 5) is 21.1. The number of carbonyl (C=O) groups excluding carboxylic acids is 1. The van der Waals surface area contributed by atoms with Crippen LogP contribution in [0.2, 0.25) is 0 Å². The molecule has 1 aromatic carbocycles. The summed E-state index contributed by atoms with van der Waals surface area (Å²) in [7, 11) is -4.17. The van der Waals surface area contributed by atoms with Gasteiger partial charge >= 0.3 is 5.97 Å². The van der Waals surface area contributed by atoms with E-state index >= 15 is 0 Å². The average Bonchev–Trinajstić information content (AvgIpc) is 2.27. The lowest BCUT2D eigenvalue weighted by atomic mass is 10.2. The molecule has 0 unspecified atom stereocenters. The number of halogens is 1. The Bertz CT molecular complexity index is 584. The molecule has 19 heavy (non-hydrogen) atoms. The highest BCUT2D eigenvalue weighted by molar-refractivity contribution is 7.89. The van der Waals surface area contributed by atoms with Crippen molar-refractivity contribution < 1.29 is 27.5 Å². The first-order valence-electron chi connectivity index (χ1n) is 5.01. The minimum atomic E-state index is -4.17. The number of hydrogen-bond donors (Lipinski definition) is 3. The van der Waals surface area contributed by atoms with Gasteiger partial charge < -0.3 is 10.8 Å². The monoisotopic (exact) mass is 290 g/mol. The van der Waals surface area contributed by atoms with Crippen molar-refractivity contribution >= 4 is 21.9 Å². The van der Waals surface area contributed by atoms with E-state index < -0.39 is 40.2 Å². The fourth-order valence-corrected chi connectivity index (χ4v) is 2.44. The van der Waals surface area contributed by atoms with Crippen LogP contribution in [0, 0.1) is 5.82 Å². The van der Waals surface area contributed by atoms with Gasteiger partial charge in [0.15, 0.2) is 0 Å². The van der Waals surface area contributed by atoms with Crippen LogP contribution in [0.1, 0.15) is 6.42 Å². The highest BCUT2D eigenvalue weighted by Crippen LogP contribution is 2.11. The van der Waals surface area contributed by atoms with Gasteiger partial charge in [0.25, 0.3) is 0 Å². The van der Waals surface area contributed by atoms with E-state index in [4.69, 9.17) is 10.8 Å². The number of carboxylic acids is 1. The van der Waals surface area contributed by atoms with E-state index in [0.29, 0.717) is 0 Å². The topological polar surface area (TPSA) is 127 Å². The Kier molecular flexibility index (Phi) is 4.57. The zero-order valence-electron chi connectivity index (χ0n) is 9.54. The summed E-state index contributed by atoms with van der Waals surface area (Å²) in [5.74, 6) is -3.13. The van der Waals surface area contributed by atoms with Crippen molar-refractivity contribution in [3.8, 4) is 0 Å². The first-order chi connectivity index (χ1) is 8.72. The van der Waals surface area contributed by atoms with Crippen LogP contribution in [-0.4, -0.2) is 31.4 Å². The van der Waals surface area contributed by atoms with E-state index in [1.165, 1.54) is 0 Å². The van der Waals surface area contributed by atoms with Crippen LogP contribution >= 0.6 is 0 Å². The molecule has 1 atom stereocenters. The normalized spacial score (nSPS) is 12.9. The number of nitrogens with one attached hydrogen (secondary N) is 1. The Labute approximate surface area is 108 Å². The van der Waals surface area contributed by atoms with Gasteiger partial charge in [-0.1, -0.05) is 0 Å². The Balaban J connectivity index is 2.97. The van der Waals surface area contributed by atoms with Crippen LogP contribution in [0.5, 0.6) is 0 Å². The minimum Gasteiger partial charge on any atom is -0.480 e. The number of hydrogen-bond acceptors (Lipinski definition) is 4. The van der Waals surface area contributed by atoms with E-state index in [-0.39, 0.29) is 4.90 Å². The van der Waals surface area contributed by atoms with Crippen molar-refractivity contribution in [1.82, 2.24) is 4.72 Å². The second-order valence-electron chi connectivity index (χ2n) is 3.64. The molecule has 0 bridgehead atoms. The van der Waals surface area contributed by atoms with Crippen molar-refractivity contribution in [3.05, 3.63) is 30.1 Å². The van der Waals surface area contributed by atoms with E-state index in [1.54, 1.807) is 0 Å². The zero-order valence-corrected chi connectivity index (χ0v) is 10.4. The zero-order chi connectivity index (χ0) is 14.6. The van der Waals surface area contributed by atoms with Crippen LogP contribution in [0.3, 0.4) is 0 Å². The standard InChI is InChI=1S/C10H11FN2O5S/c11-6-1-3-7(4-2-6)19(17,18)13-8(10(15)16)5-9(12)14/h1-4,8,13H,5H2,(H2,12,14)(H,15,16)/t8-/m0/s1. The molecule has 0 aliphatic heterocycles. The molecular weight excluding hydrogens is 279 g/mol. The van der Waals surface area contributed by atoms with Crippen molar-refractivity contribution in [2.45, 2.75) is 17.4 Å². The number of carboxylic acid groups (broad SMARTS) is 1. The molecule has 0 saturated heterocycles. The van der Waals surface area contributed by atoms with E-state index in [2.05, 4.69) is 0 Å². The Morgan fingerprint density at radius 3 is 2.26 bits per heavy atom. The summed E-state index contributed by atoms with van der Waals surface area (Å²) in [6.07, 6.45) is -0.685. The fourth-order valence-electron chi connectivity index (χ4n) is 1.25. The van der Waals surface area contributed by atoms with Crippen molar-refractivity contribution in [3.63, 3.8) is 0 Å². The summed E-state index contributed by atoms with van der Waals surface area (Å²) in [6.45, 7) is 0. The molecule has 0 spiro atoms. The second-order valence-corrected chi connectivity index (χ2v) is 5.35. The van der Waals surface area contributed by atoms with Crippen LogP contribution < -0.4 is 10.5 Å². The van der Waals surface area contributed by atoms with Crippen LogP contribution in [0.25, 0.3) is 0 Å². The van der Waals surface area contributed by atoms with Crippen molar-refractivity contribution in [1.29, 1.82) is 0 Å². The molecule has 1 amide bonds.